The van der Waals surface area contributed by atoms with Crippen molar-refractivity contribution in [3.63, 3.8) is 0 Å². The summed E-state index contributed by atoms with van der Waals surface area (Å²) in [7, 11) is 1.89. The Labute approximate surface area is 145 Å². The van der Waals surface area contributed by atoms with Crippen LogP contribution in [0.3, 0.4) is 0 Å². The van der Waals surface area contributed by atoms with Gasteiger partial charge in [0.05, 0.1) is 66.1 Å². The predicted molar refractivity (Wildman–Crippen MR) is 91.3 cm³/mol. The molecule has 0 fully saturated rings. The maximum atomic E-state index is 11.0. The summed E-state index contributed by atoms with van der Waals surface area (Å²) >= 11 is 0. The zero-order valence-corrected chi connectivity index (χ0v) is 15.1. The lowest BCUT2D eigenvalue weighted by Crippen LogP contribution is -2.26. The molecule has 0 saturated heterocycles. The molecule has 0 bridgehead atoms. The van der Waals surface area contributed by atoms with Gasteiger partial charge in [-0.15, -0.1) is 0 Å². The summed E-state index contributed by atoms with van der Waals surface area (Å²) in [5, 5.41) is 5.74. The highest BCUT2D eigenvalue weighted by Gasteiger charge is 1.96. The molecule has 0 radical (unpaired) electrons. The lowest BCUT2D eigenvalue weighted by atomic mass is 10.4. The molecule has 0 aromatic rings. The first-order valence-electron chi connectivity index (χ1n) is 8.61. The van der Waals surface area contributed by atoms with E-state index in [2.05, 4.69) is 10.6 Å². The molecule has 0 aliphatic carbocycles. The van der Waals surface area contributed by atoms with Crippen LogP contribution >= 0.6 is 0 Å². The van der Waals surface area contributed by atoms with Crippen molar-refractivity contribution in [2.75, 3.05) is 86.2 Å². The van der Waals surface area contributed by atoms with Crippen LogP contribution in [0.25, 0.3) is 0 Å². The van der Waals surface area contributed by atoms with Gasteiger partial charge < -0.3 is 34.3 Å². The van der Waals surface area contributed by atoms with Gasteiger partial charge in [-0.1, -0.05) is 6.92 Å². The van der Waals surface area contributed by atoms with E-state index in [0.29, 0.717) is 79.0 Å². The molecular weight excluding hydrogens is 316 g/mol. The van der Waals surface area contributed by atoms with Crippen molar-refractivity contribution >= 4 is 5.91 Å². The van der Waals surface area contributed by atoms with Crippen molar-refractivity contribution in [2.45, 2.75) is 13.3 Å². The highest BCUT2D eigenvalue weighted by atomic mass is 16.6. The lowest BCUT2D eigenvalue weighted by molar-refractivity contribution is -0.121. The second-order valence-corrected chi connectivity index (χ2v) is 4.87. The van der Waals surface area contributed by atoms with Gasteiger partial charge in [-0.25, -0.2) is 0 Å². The van der Waals surface area contributed by atoms with E-state index < -0.39 is 0 Å². The molecule has 0 spiro atoms. The van der Waals surface area contributed by atoms with Crippen LogP contribution in [-0.2, 0) is 28.5 Å². The smallest absolute Gasteiger partial charge is 0.219 e. The standard InChI is InChI=1S/C16H34N2O6/c1-3-16(19)18-5-7-21-9-11-23-13-15-24-14-12-22-10-8-20-6-4-17-2/h17H,3-15H2,1-2H3,(H,18,19). The molecule has 0 aromatic heterocycles. The molecule has 0 aliphatic heterocycles. The predicted octanol–water partition coefficient (Wildman–Crippen LogP) is -0.185. The third kappa shape index (κ3) is 19.3. The monoisotopic (exact) mass is 350 g/mol. The molecule has 0 atom stereocenters. The number of amides is 1. The number of likely N-dealkylation sites (N-methyl/N-ethyl adjacent to an activating group) is 1. The molecule has 24 heavy (non-hydrogen) atoms. The highest BCUT2D eigenvalue weighted by Crippen LogP contribution is 1.84. The maximum absolute atomic E-state index is 11.0. The van der Waals surface area contributed by atoms with E-state index in [9.17, 15) is 4.79 Å². The van der Waals surface area contributed by atoms with Crippen LogP contribution in [0.4, 0.5) is 0 Å². The Morgan fingerprint density at radius 1 is 0.667 bits per heavy atom. The number of nitrogens with one attached hydrogen (secondary N) is 2. The van der Waals surface area contributed by atoms with Gasteiger partial charge in [0, 0.05) is 19.5 Å². The first kappa shape index (κ1) is 23.2. The van der Waals surface area contributed by atoms with Crippen molar-refractivity contribution in [3.8, 4) is 0 Å². The normalized spacial score (nSPS) is 10.9. The SMILES string of the molecule is CCC(=O)NCCOCCOCCOCCOCCOCCNC. The van der Waals surface area contributed by atoms with Crippen molar-refractivity contribution in [1.29, 1.82) is 0 Å². The lowest BCUT2D eigenvalue weighted by Gasteiger charge is -2.08. The minimum Gasteiger partial charge on any atom is -0.378 e. The van der Waals surface area contributed by atoms with E-state index in [1.807, 2.05) is 14.0 Å². The highest BCUT2D eigenvalue weighted by molar-refractivity contribution is 5.75. The van der Waals surface area contributed by atoms with E-state index in [0.717, 1.165) is 6.54 Å². The Bertz CT molecular complexity index is 269. The Hall–Kier alpha value is -0.770. The molecule has 144 valence electrons. The molecule has 0 heterocycles. The number of rotatable bonds is 19. The van der Waals surface area contributed by atoms with Crippen molar-refractivity contribution < 1.29 is 28.5 Å². The molecule has 0 rings (SSSR count). The minimum atomic E-state index is 0.0392. The van der Waals surface area contributed by atoms with Gasteiger partial charge in [0.2, 0.25) is 5.91 Å². The van der Waals surface area contributed by atoms with Crippen LogP contribution in [-0.4, -0.2) is 92.1 Å². The van der Waals surface area contributed by atoms with E-state index in [1.54, 1.807) is 0 Å². The van der Waals surface area contributed by atoms with Crippen LogP contribution in [0.1, 0.15) is 13.3 Å². The Morgan fingerprint density at radius 2 is 1.04 bits per heavy atom. The number of hydrogen-bond donors (Lipinski definition) is 2. The number of hydrogen-bond acceptors (Lipinski definition) is 7. The average molecular weight is 350 g/mol. The summed E-state index contributed by atoms with van der Waals surface area (Å²) in [6, 6.07) is 0. The zero-order valence-electron chi connectivity index (χ0n) is 15.1. The second-order valence-electron chi connectivity index (χ2n) is 4.87. The minimum absolute atomic E-state index is 0.0392. The van der Waals surface area contributed by atoms with Gasteiger partial charge in [0.1, 0.15) is 0 Å². The largest absolute Gasteiger partial charge is 0.378 e. The Morgan fingerprint density at radius 3 is 1.42 bits per heavy atom. The summed E-state index contributed by atoms with van der Waals surface area (Å²) < 4.78 is 26.7. The third-order valence-corrected chi connectivity index (χ3v) is 2.87. The molecule has 0 aromatic carbocycles. The van der Waals surface area contributed by atoms with Gasteiger partial charge in [-0.2, -0.15) is 0 Å². The summed E-state index contributed by atoms with van der Waals surface area (Å²) in [6.07, 6.45) is 0.499. The molecule has 0 unspecified atom stereocenters. The van der Waals surface area contributed by atoms with Crippen LogP contribution in [0.15, 0.2) is 0 Å². The van der Waals surface area contributed by atoms with Crippen molar-refractivity contribution in [2.24, 2.45) is 0 Å². The van der Waals surface area contributed by atoms with Crippen LogP contribution in [0.5, 0.6) is 0 Å². The molecule has 8 nitrogen and oxygen atoms in total. The fraction of sp³-hybridized carbons (Fsp3) is 0.938. The van der Waals surface area contributed by atoms with Crippen molar-refractivity contribution in [1.82, 2.24) is 10.6 Å². The van der Waals surface area contributed by atoms with Gasteiger partial charge >= 0.3 is 0 Å². The second kappa shape index (κ2) is 20.3. The topological polar surface area (TPSA) is 87.3 Å². The van der Waals surface area contributed by atoms with Crippen LogP contribution < -0.4 is 10.6 Å². The summed E-state index contributed by atoms with van der Waals surface area (Å²) in [4.78, 5) is 11.0. The van der Waals surface area contributed by atoms with Gasteiger partial charge in [0.15, 0.2) is 0 Å². The number of carbonyl (C=O) groups is 1. The molecule has 1 amide bonds. The van der Waals surface area contributed by atoms with Gasteiger partial charge in [0.25, 0.3) is 0 Å². The molecule has 0 aliphatic rings. The van der Waals surface area contributed by atoms with Crippen LogP contribution in [0, 0.1) is 0 Å². The van der Waals surface area contributed by atoms with E-state index in [1.165, 1.54) is 0 Å². The van der Waals surface area contributed by atoms with Gasteiger partial charge in [-0.05, 0) is 7.05 Å². The maximum Gasteiger partial charge on any atom is 0.219 e. The molecular formula is C16H34N2O6. The summed E-state index contributed by atoms with van der Waals surface area (Å²) in [5.41, 5.74) is 0. The summed E-state index contributed by atoms with van der Waals surface area (Å²) in [5.74, 6) is 0.0392. The average Bonchev–Trinajstić information content (AvgIpc) is 2.60. The fourth-order valence-corrected chi connectivity index (χ4v) is 1.54. The summed E-state index contributed by atoms with van der Waals surface area (Å²) in [6.45, 7) is 8.80. The van der Waals surface area contributed by atoms with E-state index >= 15 is 0 Å². The van der Waals surface area contributed by atoms with Crippen LogP contribution in [0.2, 0.25) is 0 Å². The first-order valence-corrected chi connectivity index (χ1v) is 8.61. The zero-order chi connectivity index (χ0) is 17.7. The number of carbonyl (C=O) groups excluding carboxylic acids is 1. The molecule has 8 heteroatoms. The molecule has 2 N–H and O–H groups in total. The van der Waals surface area contributed by atoms with Gasteiger partial charge in [-0.3, -0.25) is 4.79 Å². The number of ether oxygens (including phenoxy) is 5. The fourth-order valence-electron chi connectivity index (χ4n) is 1.54. The Balaban J connectivity index is 2.99. The van der Waals surface area contributed by atoms with Crippen molar-refractivity contribution in [3.05, 3.63) is 0 Å². The third-order valence-electron chi connectivity index (χ3n) is 2.87. The Kier molecular flexibility index (Phi) is 19.6. The molecule has 0 saturated carbocycles. The first-order chi connectivity index (χ1) is 11.8. The van der Waals surface area contributed by atoms with E-state index in [-0.39, 0.29) is 5.91 Å². The van der Waals surface area contributed by atoms with E-state index in [4.69, 9.17) is 23.7 Å². The quantitative estimate of drug-likeness (QED) is 0.312.